The molecule has 0 bridgehead atoms. The van der Waals surface area contributed by atoms with E-state index in [1.54, 1.807) is 0 Å². The number of benzene rings is 3. The molecule has 1 saturated heterocycles. The fourth-order valence-electron chi connectivity index (χ4n) is 5.06. The average Bonchev–Trinajstić information content (AvgIpc) is 3.39. The summed E-state index contributed by atoms with van der Waals surface area (Å²) in [5, 5.41) is 7.88. The second-order valence-electron chi connectivity index (χ2n) is 9.55. The van der Waals surface area contributed by atoms with Gasteiger partial charge in [0.2, 0.25) is 0 Å². The van der Waals surface area contributed by atoms with E-state index in [0.717, 1.165) is 71.8 Å². The predicted molar refractivity (Wildman–Crippen MR) is 148 cm³/mol. The third kappa shape index (κ3) is 4.62. The van der Waals surface area contributed by atoms with Crippen LogP contribution < -0.4 is 10.6 Å². The summed E-state index contributed by atoms with van der Waals surface area (Å²) >= 11 is 6.49. The molecule has 6 rings (SSSR count). The Kier molecular flexibility index (Phi) is 6.21. The second kappa shape index (κ2) is 9.80. The fourth-order valence-corrected chi connectivity index (χ4v) is 5.33. The van der Waals surface area contributed by atoms with Gasteiger partial charge in [-0.25, -0.2) is 9.97 Å². The number of nitrogens with zero attached hydrogens (tertiary/aromatic N) is 4. The molecule has 5 aromatic rings. The normalized spacial score (nSPS) is 14.9. The van der Waals surface area contributed by atoms with Crippen LogP contribution in [0.4, 0.5) is 17.2 Å². The molecule has 2 aromatic heterocycles. The summed E-state index contributed by atoms with van der Waals surface area (Å²) in [7, 11) is 0. The number of anilines is 3. The molecule has 0 unspecified atom stereocenters. The van der Waals surface area contributed by atoms with Crippen molar-refractivity contribution in [3.8, 4) is 0 Å². The highest BCUT2D eigenvalue weighted by molar-refractivity contribution is 6.33. The van der Waals surface area contributed by atoms with Crippen LogP contribution in [0.25, 0.3) is 16.6 Å². The second-order valence-corrected chi connectivity index (χ2v) is 9.96. The lowest BCUT2D eigenvalue weighted by Gasteiger charge is -2.33. The largest absolute Gasteiger partial charge is 0.382 e. The van der Waals surface area contributed by atoms with Crippen molar-refractivity contribution >= 4 is 45.3 Å². The Morgan fingerprint density at radius 3 is 2.61 bits per heavy atom. The van der Waals surface area contributed by atoms with Crippen LogP contribution in [-0.2, 0) is 6.54 Å². The third-order valence-electron chi connectivity index (χ3n) is 7.02. The topological polar surface area (TPSA) is 57.5 Å². The van der Waals surface area contributed by atoms with Crippen molar-refractivity contribution in [3.05, 3.63) is 95.4 Å². The van der Waals surface area contributed by atoms with Crippen LogP contribution in [-0.4, -0.2) is 38.4 Å². The van der Waals surface area contributed by atoms with E-state index in [1.807, 2.05) is 37.6 Å². The maximum Gasteiger partial charge on any atom is 0.157 e. The zero-order chi connectivity index (χ0) is 24.5. The van der Waals surface area contributed by atoms with E-state index >= 15 is 0 Å². The smallest absolute Gasteiger partial charge is 0.157 e. The number of rotatable bonds is 6. The Bertz CT molecular complexity index is 1480. The van der Waals surface area contributed by atoms with E-state index in [1.165, 1.54) is 5.56 Å². The number of likely N-dealkylation sites (tertiary alicyclic amines) is 1. The van der Waals surface area contributed by atoms with Gasteiger partial charge in [-0.1, -0.05) is 54.1 Å². The molecule has 0 atom stereocenters. The Morgan fingerprint density at radius 1 is 0.972 bits per heavy atom. The Balaban J connectivity index is 1.21. The maximum absolute atomic E-state index is 6.49. The van der Waals surface area contributed by atoms with E-state index in [4.69, 9.17) is 16.6 Å². The first-order valence-electron chi connectivity index (χ1n) is 12.4. The van der Waals surface area contributed by atoms with E-state index in [2.05, 4.69) is 73.4 Å². The number of hydrogen-bond donors (Lipinski definition) is 2. The first-order valence-corrected chi connectivity index (χ1v) is 12.8. The monoisotopic (exact) mass is 496 g/mol. The van der Waals surface area contributed by atoms with Crippen LogP contribution in [0.3, 0.4) is 0 Å². The summed E-state index contributed by atoms with van der Waals surface area (Å²) in [6, 6.07) is 23.5. The van der Waals surface area contributed by atoms with Crippen molar-refractivity contribution in [2.75, 3.05) is 23.7 Å². The van der Waals surface area contributed by atoms with Gasteiger partial charge in [0.1, 0.15) is 5.52 Å². The first kappa shape index (κ1) is 22.8. The van der Waals surface area contributed by atoms with Gasteiger partial charge in [-0.3, -0.25) is 9.30 Å². The number of nitrogens with one attached hydrogen (secondary N) is 2. The van der Waals surface area contributed by atoms with E-state index in [9.17, 15) is 0 Å². The van der Waals surface area contributed by atoms with Crippen LogP contribution in [0.2, 0.25) is 5.02 Å². The van der Waals surface area contributed by atoms with Crippen molar-refractivity contribution in [1.82, 2.24) is 19.3 Å². The summed E-state index contributed by atoms with van der Waals surface area (Å²) in [5.74, 6) is 0.738. The number of imidazole rings is 1. The number of piperidine rings is 1. The Labute approximate surface area is 215 Å². The number of aryl methyl sites for hydroxylation is 1. The van der Waals surface area contributed by atoms with Gasteiger partial charge in [-0.15, -0.1) is 0 Å². The number of para-hydroxylation sites is 1. The highest BCUT2D eigenvalue weighted by Gasteiger charge is 2.20. The van der Waals surface area contributed by atoms with Gasteiger partial charge in [-0.05, 0) is 55.2 Å². The molecule has 0 aliphatic carbocycles. The molecule has 0 spiro atoms. The van der Waals surface area contributed by atoms with Gasteiger partial charge in [0.15, 0.2) is 5.82 Å². The SMILES string of the molecule is Cc1cccc(Cl)c1Nc1nc2cc(NC3CCN(Cc4ccccc4)CC3)ccc2n2cncc12. The molecule has 3 aromatic carbocycles. The molecule has 1 aliphatic rings. The average molecular weight is 497 g/mol. The van der Waals surface area contributed by atoms with Gasteiger partial charge in [0.25, 0.3) is 0 Å². The molecule has 2 N–H and O–H groups in total. The number of aromatic nitrogens is 3. The summed E-state index contributed by atoms with van der Waals surface area (Å²) in [6.07, 6.45) is 5.91. The minimum Gasteiger partial charge on any atom is -0.382 e. The summed E-state index contributed by atoms with van der Waals surface area (Å²) in [4.78, 5) is 11.9. The van der Waals surface area contributed by atoms with Crippen molar-refractivity contribution in [2.45, 2.75) is 32.4 Å². The van der Waals surface area contributed by atoms with E-state index in [-0.39, 0.29) is 0 Å². The molecule has 0 amide bonds. The molecular formula is C29H29ClN6. The van der Waals surface area contributed by atoms with Crippen molar-refractivity contribution in [2.24, 2.45) is 0 Å². The molecule has 0 radical (unpaired) electrons. The lowest BCUT2D eigenvalue weighted by atomic mass is 10.0. The van der Waals surface area contributed by atoms with Crippen LogP contribution >= 0.6 is 11.6 Å². The molecular weight excluding hydrogens is 468 g/mol. The lowest BCUT2D eigenvalue weighted by Crippen LogP contribution is -2.38. The lowest BCUT2D eigenvalue weighted by molar-refractivity contribution is 0.211. The third-order valence-corrected chi connectivity index (χ3v) is 7.34. The standard InChI is InChI=1S/C29H29ClN6/c1-20-6-5-9-24(30)28(20)34-29-27-17-31-19-36(27)26-11-10-23(16-25(26)33-29)32-22-12-14-35(15-13-22)18-21-7-3-2-4-8-21/h2-11,16-17,19,22,32H,12-15,18H2,1H3,(H,33,34). The number of fused-ring (bicyclic) bond motifs is 3. The van der Waals surface area contributed by atoms with Crippen molar-refractivity contribution in [1.29, 1.82) is 0 Å². The Morgan fingerprint density at radius 2 is 1.81 bits per heavy atom. The highest BCUT2D eigenvalue weighted by Crippen LogP contribution is 2.32. The zero-order valence-electron chi connectivity index (χ0n) is 20.3. The van der Waals surface area contributed by atoms with Gasteiger partial charge in [0, 0.05) is 31.4 Å². The summed E-state index contributed by atoms with van der Waals surface area (Å²) in [6.45, 7) is 5.25. The predicted octanol–water partition coefficient (Wildman–Crippen LogP) is 6.66. The summed E-state index contributed by atoms with van der Waals surface area (Å²) in [5.41, 5.74) is 7.24. The zero-order valence-corrected chi connectivity index (χ0v) is 21.0. The quantitative estimate of drug-likeness (QED) is 0.275. The van der Waals surface area contributed by atoms with Crippen molar-refractivity contribution < 1.29 is 0 Å². The summed E-state index contributed by atoms with van der Waals surface area (Å²) < 4.78 is 2.07. The molecule has 7 heteroatoms. The molecule has 1 aliphatic heterocycles. The first-order chi connectivity index (χ1) is 17.6. The van der Waals surface area contributed by atoms with Crippen LogP contribution in [0, 0.1) is 6.92 Å². The molecule has 6 nitrogen and oxygen atoms in total. The highest BCUT2D eigenvalue weighted by atomic mass is 35.5. The van der Waals surface area contributed by atoms with Crippen molar-refractivity contribution in [3.63, 3.8) is 0 Å². The fraction of sp³-hybridized carbons (Fsp3) is 0.241. The van der Waals surface area contributed by atoms with E-state index in [0.29, 0.717) is 11.1 Å². The number of hydrogen-bond acceptors (Lipinski definition) is 5. The maximum atomic E-state index is 6.49. The molecule has 182 valence electrons. The molecule has 3 heterocycles. The minimum atomic E-state index is 0.454. The van der Waals surface area contributed by atoms with Gasteiger partial charge in [-0.2, -0.15) is 0 Å². The van der Waals surface area contributed by atoms with Crippen LogP contribution in [0.5, 0.6) is 0 Å². The van der Waals surface area contributed by atoms with E-state index < -0.39 is 0 Å². The van der Waals surface area contributed by atoms with Gasteiger partial charge in [0.05, 0.1) is 34.3 Å². The molecule has 0 saturated carbocycles. The van der Waals surface area contributed by atoms with Crippen LogP contribution in [0.1, 0.15) is 24.0 Å². The molecule has 36 heavy (non-hydrogen) atoms. The van der Waals surface area contributed by atoms with Gasteiger partial charge >= 0.3 is 0 Å². The molecule has 1 fully saturated rings. The van der Waals surface area contributed by atoms with Crippen LogP contribution in [0.15, 0.2) is 79.3 Å². The number of halogens is 1. The minimum absolute atomic E-state index is 0.454. The van der Waals surface area contributed by atoms with Gasteiger partial charge < -0.3 is 10.6 Å². The Hall–Kier alpha value is -3.61.